The number of anilines is 2. The Morgan fingerprint density at radius 1 is 0.962 bits per heavy atom. The Hall–Kier alpha value is -2.86. The maximum absolute atomic E-state index is 12.9. The van der Waals surface area contributed by atoms with Gasteiger partial charge in [-0.1, -0.05) is 24.3 Å². The quantitative estimate of drug-likeness (QED) is 0.690. The van der Waals surface area contributed by atoms with Crippen molar-refractivity contribution >= 4 is 28.7 Å². The zero-order chi connectivity index (χ0) is 18.8. The molecule has 3 aromatic rings. The van der Waals surface area contributed by atoms with Crippen molar-refractivity contribution in [2.24, 2.45) is 7.05 Å². The summed E-state index contributed by atoms with van der Waals surface area (Å²) in [6.45, 7) is 6.01. The lowest BCUT2D eigenvalue weighted by Crippen LogP contribution is -2.25. The Morgan fingerprint density at radius 3 is 2.31 bits per heavy atom. The molecule has 0 radical (unpaired) electrons. The number of para-hydroxylation sites is 1. The van der Waals surface area contributed by atoms with Gasteiger partial charge in [-0.05, 0) is 68.4 Å². The van der Waals surface area contributed by atoms with Crippen molar-refractivity contribution in [1.82, 2.24) is 9.36 Å². The van der Waals surface area contributed by atoms with E-state index in [1.807, 2.05) is 67.2 Å². The molecule has 0 bridgehead atoms. The summed E-state index contributed by atoms with van der Waals surface area (Å²) < 4.78 is 3.44. The van der Waals surface area contributed by atoms with Gasteiger partial charge in [-0.15, -0.1) is 0 Å². The van der Waals surface area contributed by atoms with E-state index >= 15 is 0 Å². The highest BCUT2D eigenvalue weighted by molar-refractivity contribution is 7.80. The van der Waals surface area contributed by atoms with Gasteiger partial charge in [0.05, 0.1) is 11.4 Å². The Labute approximate surface area is 158 Å². The number of nitrogens with zero attached hydrogens (tertiary/aromatic N) is 2. The molecule has 6 heteroatoms. The number of benzene rings is 2. The van der Waals surface area contributed by atoms with Gasteiger partial charge >= 0.3 is 0 Å². The molecule has 0 aliphatic heterocycles. The van der Waals surface area contributed by atoms with E-state index < -0.39 is 0 Å². The lowest BCUT2D eigenvalue weighted by atomic mass is 10.1. The lowest BCUT2D eigenvalue weighted by molar-refractivity contribution is 0.630. The van der Waals surface area contributed by atoms with E-state index in [0.717, 1.165) is 17.1 Å². The van der Waals surface area contributed by atoms with Crippen molar-refractivity contribution in [3.63, 3.8) is 0 Å². The van der Waals surface area contributed by atoms with E-state index in [4.69, 9.17) is 12.2 Å². The van der Waals surface area contributed by atoms with Crippen LogP contribution in [0.25, 0.3) is 5.69 Å². The molecule has 0 unspecified atom stereocenters. The number of nitrogens with one attached hydrogen (secondary N) is 2. The van der Waals surface area contributed by atoms with Crippen LogP contribution < -0.4 is 16.2 Å². The minimum Gasteiger partial charge on any atom is -0.332 e. The number of thiocarbonyl (C=S) groups is 1. The van der Waals surface area contributed by atoms with Gasteiger partial charge in [0, 0.05) is 12.7 Å². The van der Waals surface area contributed by atoms with Gasteiger partial charge in [0.15, 0.2) is 5.11 Å². The molecule has 0 amide bonds. The fraction of sp³-hybridized carbons (Fsp3) is 0.200. The molecule has 5 nitrogen and oxygen atoms in total. The Kier molecular flexibility index (Phi) is 4.95. The maximum atomic E-state index is 12.9. The standard InChI is InChI=1S/C20H22N4OS/c1-13-10-11-16(12-14(13)2)21-20(26)22-18-15(3)23(4)24(19(18)25)17-8-6-5-7-9-17/h5-12H,1-4H3,(H2,21,22,26). The molecule has 0 fully saturated rings. The van der Waals surface area contributed by atoms with Crippen LogP contribution in [0.2, 0.25) is 0 Å². The van der Waals surface area contributed by atoms with Crippen molar-refractivity contribution in [3.05, 3.63) is 75.7 Å². The molecule has 2 aromatic carbocycles. The van der Waals surface area contributed by atoms with E-state index in [0.29, 0.717) is 10.8 Å². The van der Waals surface area contributed by atoms with Crippen LogP contribution in [-0.2, 0) is 7.05 Å². The molecular formula is C20H22N4OS. The van der Waals surface area contributed by atoms with Crippen molar-refractivity contribution < 1.29 is 0 Å². The number of aromatic nitrogens is 2. The third kappa shape index (κ3) is 3.41. The first-order valence-corrected chi connectivity index (χ1v) is 8.78. The van der Waals surface area contributed by atoms with Gasteiger partial charge in [0.25, 0.3) is 5.56 Å². The molecule has 0 saturated carbocycles. The van der Waals surface area contributed by atoms with E-state index in [2.05, 4.69) is 24.5 Å². The van der Waals surface area contributed by atoms with Gasteiger partial charge < -0.3 is 10.6 Å². The summed E-state index contributed by atoms with van der Waals surface area (Å²) >= 11 is 5.40. The summed E-state index contributed by atoms with van der Waals surface area (Å²) in [5.74, 6) is 0. The summed E-state index contributed by atoms with van der Waals surface area (Å²) in [7, 11) is 1.86. The highest BCUT2D eigenvalue weighted by Crippen LogP contribution is 2.16. The highest BCUT2D eigenvalue weighted by Gasteiger charge is 2.16. The summed E-state index contributed by atoms with van der Waals surface area (Å²) in [5, 5.41) is 6.59. The van der Waals surface area contributed by atoms with Crippen LogP contribution in [0.1, 0.15) is 16.8 Å². The maximum Gasteiger partial charge on any atom is 0.295 e. The van der Waals surface area contributed by atoms with Crippen LogP contribution in [0.15, 0.2) is 53.3 Å². The average molecular weight is 366 g/mol. The van der Waals surface area contributed by atoms with Crippen molar-refractivity contribution in [1.29, 1.82) is 0 Å². The zero-order valence-corrected chi connectivity index (χ0v) is 16.1. The van der Waals surface area contributed by atoms with Crippen molar-refractivity contribution in [2.45, 2.75) is 20.8 Å². The summed E-state index contributed by atoms with van der Waals surface area (Å²) in [4.78, 5) is 12.9. The fourth-order valence-corrected chi connectivity index (χ4v) is 3.03. The predicted molar refractivity (Wildman–Crippen MR) is 112 cm³/mol. The van der Waals surface area contributed by atoms with Crippen molar-refractivity contribution in [3.8, 4) is 5.69 Å². The van der Waals surface area contributed by atoms with E-state index in [1.54, 1.807) is 4.68 Å². The second-order valence-corrected chi connectivity index (χ2v) is 6.72. The normalized spacial score (nSPS) is 10.6. The van der Waals surface area contributed by atoms with Gasteiger partial charge in [0.2, 0.25) is 0 Å². The van der Waals surface area contributed by atoms with Crippen LogP contribution in [-0.4, -0.2) is 14.5 Å². The lowest BCUT2D eigenvalue weighted by Gasteiger charge is -2.11. The number of hydrogen-bond donors (Lipinski definition) is 2. The largest absolute Gasteiger partial charge is 0.332 e. The second kappa shape index (κ2) is 7.17. The third-order valence-electron chi connectivity index (χ3n) is 4.56. The Balaban J connectivity index is 1.87. The first kappa shape index (κ1) is 17.9. The van der Waals surface area contributed by atoms with E-state index in [9.17, 15) is 4.79 Å². The smallest absolute Gasteiger partial charge is 0.295 e. The number of aryl methyl sites for hydroxylation is 2. The summed E-state index contributed by atoms with van der Waals surface area (Å²) in [5.41, 5.74) is 5.24. The van der Waals surface area contributed by atoms with Crippen LogP contribution in [0.5, 0.6) is 0 Å². The van der Waals surface area contributed by atoms with Gasteiger partial charge in [-0.3, -0.25) is 9.48 Å². The molecule has 0 aliphatic rings. The molecule has 3 rings (SSSR count). The summed E-state index contributed by atoms with van der Waals surface area (Å²) in [6.07, 6.45) is 0. The van der Waals surface area contributed by atoms with E-state index in [1.165, 1.54) is 11.1 Å². The molecule has 0 saturated heterocycles. The van der Waals surface area contributed by atoms with Crippen LogP contribution in [0.3, 0.4) is 0 Å². The first-order chi connectivity index (χ1) is 12.4. The highest BCUT2D eigenvalue weighted by atomic mass is 32.1. The Morgan fingerprint density at radius 2 is 1.65 bits per heavy atom. The van der Waals surface area contributed by atoms with Crippen LogP contribution in [0.4, 0.5) is 11.4 Å². The fourth-order valence-electron chi connectivity index (χ4n) is 2.81. The predicted octanol–water partition coefficient (Wildman–Crippen LogP) is 3.91. The molecule has 26 heavy (non-hydrogen) atoms. The molecule has 0 atom stereocenters. The molecule has 2 N–H and O–H groups in total. The minimum atomic E-state index is -0.138. The molecule has 1 aromatic heterocycles. The Bertz CT molecular complexity index is 1020. The summed E-state index contributed by atoms with van der Waals surface area (Å²) in [6, 6.07) is 15.6. The third-order valence-corrected chi connectivity index (χ3v) is 4.76. The van der Waals surface area contributed by atoms with E-state index in [-0.39, 0.29) is 5.56 Å². The molecule has 1 heterocycles. The second-order valence-electron chi connectivity index (χ2n) is 6.31. The topological polar surface area (TPSA) is 51.0 Å². The van der Waals surface area contributed by atoms with Crippen LogP contribution >= 0.6 is 12.2 Å². The molecular weight excluding hydrogens is 344 g/mol. The number of hydrogen-bond acceptors (Lipinski definition) is 2. The van der Waals surface area contributed by atoms with Crippen molar-refractivity contribution in [2.75, 3.05) is 10.6 Å². The molecule has 134 valence electrons. The monoisotopic (exact) mass is 366 g/mol. The zero-order valence-electron chi connectivity index (χ0n) is 15.3. The first-order valence-electron chi connectivity index (χ1n) is 8.37. The molecule has 0 aliphatic carbocycles. The SMILES string of the molecule is Cc1ccc(NC(=S)Nc2c(C)n(C)n(-c3ccccc3)c2=O)cc1C. The molecule has 0 spiro atoms. The minimum absolute atomic E-state index is 0.138. The van der Waals surface area contributed by atoms with Gasteiger partial charge in [-0.2, -0.15) is 0 Å². The average Bonchev–Trinajstić information content (AvgIpc) is 2.82. The number of rotatable bonds is 3. The van der Waals surface area contributed by atoms with Gasteiger partial charge in [-0.25, -0.2) is 4.68 Å². The van der Waals surface area contributed by atoms with Crippen LogP contribution in [0, 0.1) is 20.8 Å². The van der Waals surface area contributed by atoms with Gasteiger partial charge in [0.1, 0.15) is 5.69 Å².